The number of benzene rings is 2. The number of aryl methyl sites for hydroxylation is 1. The summed E-state index contributed by atoms with van der Waals surface area (Å²) in [6, 6.07) is 11.4. The molecule has 0 saturated heterocycles. The average Bonchev–Trinajstić information content (AvgIpc) is 2.72. The lowest BCUT2D eigenvalue weighted by Gasteiger charge is -2.16. The molecular formula is C23H23N3O3. The molecule has 0 atom stereocenters. The van der Waals surface area contributed by atoms with E-state index in [1.807, 2.05) is 57.2 Å². The van der Waals surface area contributed by atoms with Gasteiger partial charge in [0.25, 0.3) is 5.56 Å². The van der Waals surface area contributed by atoms with Crippen LogP contribution in [0.15, 0.2) is 53.6 Å². The number of nitrogens with zero attached hydrogens (tertiary/aromatic N) is 1. The van der Waals surface area contributed by atoms with Crippen molar-refractivity contribution in [2.24, 2.45) is 0 Å². The summed E-state index contributed by atoms with van der Waals surface area (Å²) in [5, 5.41) is 5.96. The highest BCUT2D eigenvalue weighted by atomic mass is 16.5. The van der Waals surface area contributed by atoms with E-state index in [1.54, 1.807) is 12.4 Å². The zero-order valence-corrected chi connectivity index (χ0v) is 16.7. The Morgan fingerprint density at radius 2 is 1.76 bits per heavy atom. The molecule has 0 radical (unpaired) electrons. The van der Waals surface area contributed by atoms with E-state index in [1.165, 1.54) is 0 Å². The number of aromatic nitrogens is 2. The van der Waals surface area contributed by atoms with E-state index in [-0.39, 0.29) is 5.56 Å². The standard InChI is InChI=1S/C23H23N3O3/c1-4-28-20-11-16-17(9-10-24-19(16)12-21(20)29-5-2)26-18-8-6-7-15-22(18)14(3)13-25-23(15)27/h6-13H,4-5H2,1-3H3,(H,24,26)(H,25,27). The largest absolute Gasteiger partial charge is 0.490 e. The molecular weight excluding hydrogens is 366 g/mol. The molecule has 0 spiro atoms. The van der Waals surface area contributed by atoms with Crippen LogP contribution in [0.4, 0.5) is 11.4 Å². The summed E-state index contributed by atoms with van der Waals surface area (Å²) in [5.41, 5.74) is 3.44. The summed E-state index contributed by atoms with van der Waals surface area (Å²) in [5.74, 6) is 1.36. The van der Waals surface area contributed by atoms with Gasteiger partial charge in [-0.15, -0.1) is 0 Å². The first-order chi connectivity index (χ1) is 14.1. The smallest absolute Gasteiger partial charge is 0.255 e. The van der Waals surface area contributed by atoms with Gasteiger partial charge in [-0.05, 0) is 50.6 Å². The number of nitrogens with one attached hydrogen (secondary N) is 2. The molecule has 2 N–H and O–H groups in total. The van der Waals surface area contributed by atoms with Gasteiger partial charge in [0, 0.05) is 46.0 Å². The van der Waals surface area contributed by atoms with Crippen molar-refractivity contribution in [1.82, 2.24) is 9.97 Å². The highest BCUT2D eigenvalue weighted by Gasteiger charge is 2.13. The van der Waals surface area contributed by atoms with Gasteiger partial charge in [-0.3, -0.25) is 9.78 Å². The Labute approximate surface area is 168 Å². The fraction of sp³-hybridized carbons (Fsp3) is 0.217. The fourth-order valence-corrected chi connectivity index (χ4v) is 3.54. The van der Waals surface area contributed by atoms with Gasteiger partial charge in [0.1, 0.15) is 0 Å². The predicted octanol–water partition coefficient (Wildman–Crippen LogP) is 4.93. The molecule has 0 fully saturated rings. The van der Waals surface area contributed by atoms with Crippen molar-refractivity contribution in [3.05, 3.63) is 64.7 Å². The van der Waals surface area contributed by atoms with Crippen LogP contribution in [0.3, 0.4) is 0 Å². The topological polar surface area (TPSA) is 76.2 Å². The number of hydrogen-bond donors (Lipinski definition) is 2. The quantitative estimate of drug-likeness (QED) is 0.489. The Morgan fingerprint density at radius 3 is 2.52 bits per heavy atom. The summed E-state index contributed by atoms with van der Waals surface area (Å²) < 4.78 is 11.5. The van der Waals surface area contributed by atoms with E-state index in [0.717, 1.165) is 33.2 Å². The number of anilines is 2. The highest BCUT2D eigenvalue weighted by molar-refractivity contribution is 6.01. The molecule has 0 amide bonds. The third kappa shape index (κ3) is 3.49. The molecule has 148 valence electrons. The molecule has 2 aromatic heterocycles. The summed E-state index contributed by atoms with van der Waals surface area (Å²) in [6.45, 7) is 6.96. The first-order valence-electron chi connectivity index (χ1n) is 9.68. The maximum atomic E-state index is 12.2. The summed E-state index contributed by atoms with van der Waals surface area (Å²) >= 11 is 0. The molecule has 6 nitrogen and oxygen atoms in total. The molecule has 0 aliphatic rings. The van der Waals surface area contributed by atoms with E-state index >= 15 is 0 Å². The molecule has 0 aliphatic carbocycles. The molecule has 6 heteroatoms. The minimum absolute atomic E-state index is 0.103. The molecule has 0 unspecified atom stereocenters. The van der Waals surface area contributed by atoms with Crippen LogP contribution in [-0.2, 0) is 0 Å². The Hall–Kier alpha value is -3.54. The molecule has 4 rings (SSSR count). The van der Waals surface area contributed by atoms with Crippen LogP contribution in [0.5, 0.6) is 11.5 Å². The number of aromatic amines is 1. The van der Waals surface area contributed by atoms with Crippen molar-refractivity contribution in [3.63, 3.8) is 0 Å². The van der Waals surface area contributed by atoms with Gasteiger partial charge >= 0.3 is 0 Å². The van der Waals surface area contributed by atoms with Crippen molar-refractivity contribution >= 4 is 33.1 Å². The third-order valence-electron chi connectivity index (χ3n) is 4.80. The van der Waals surface area contributed by atoms with Crippen molar-refractivity contribution in [2.75, 3.05) is 18.5 Å². The van der Waals surface area contributed by atoms with Crippen LogP contribution < -0.4 is 20.3 Å². The van der Waals surface area contributed by atoms with Crippen molar-refractivity contribution in [3.8, 4) is 11.5 Å². The van der Waals surface area contributed by atoms with E-state index in [4.69, 9.17) is 9.47 Å². The van der Waals surface area contributed by atoms with Crippen LogP contribution >= 0.6 is 0 Å². The molecule has 2 aromatic carbocycles. The number of hydrogen-bond acceptors (Lipinski definition) is 5. The lowest BCUT2D eigenvalue weighted by atomic mass is 10.1. The first-order valence-corrected chi connectivity index (χ1v) is 9.68. The second-order valence-corrected chi connectivity index (χ2v) is 6.69. The number of rotatable bonds is 6. The van der Waals surface area contributed by atoms with Crippen molar-refractivity contribution < 1.29 is 9.47 Å². The lowest BCUT2D eigenvalue weighted by molar-refractivity contribution is 0.288. The minimum atomic E-state index is -0.103. The van der Waals surface area contributed by atoms with E-state index in [9.17, 15) is 4.79 Å². The normalized spacial score (nSPS) is 11.0. The lowest BCUT2D eigenvalue weighted by Crippen LogP contribution is -2.07. The summed E-state index contributed by atoms with van der Waals surface area (Å²) in [6.07, 6.45) is 3.49. The molecule has 29 heavy (non-hydrogen) atoms. The minimum Gasteiger partial charge on any atom is -0.490 e. The second kappa shape index (κ2) is 7.83. The first kappa shape index (κ1) is 18.8. The highest BCUT2D eigenvalue weighted by Crippen LogP contribution is 2.36. The van der Waals surface area contributed by atoms with Crippen LogP contribution in [0.25, 0.3) is 21.7 Å². The van der Waals surface area contributed by atoms with Gasteiger partial charge in [-0.25, -0.2) is 0 Å². The molecule has 0 aliphatic heterocycles. The number of pyridine rings is 2. The summed E-state index contributed by atoms with van der Waals surface area (Å²) in [4.78, 5) is 19.5. The van der Waals surface area contributed by atoms with E-state index in [2.05, 4.69) is 15.3 Å². The van der Waals surface area contributed by atoms with Gasteiger partial charge in [-0.1, -0.05) is 6.07 Å². The Bertz CT molecular complexity index is 1250. The molecule has 0 bridgehead atoms. The van der Waals surface area contributed by atoms with Crippen LogP contribution in [-0.4, -0.2) is 23.2 Å². The maximum Gasteiger partial charge on any atom is 0.255 e. The van der Waals surface area contributed by atoms with Crippen molar-refractivity contribution in [2.45, 2.75) is 20.8 Å². The van der Waals surface area contributed by atoms with Gasteiger partial charge in [0.15, 0.2) is 11.5 Å². The van der Waals surface area contributed by atoms with Crippen LogP contribution in [0.1, 0.15) is 19.4 Å². The fourth-order valence-electron chi connectivity index (χ4n) is 3.54. The Morgan fingerprint density at radius 1 is 1.00 bits per heavy atom. The average molecular weight is 389 g/mol. The van der Waals surface area contributed by atoms with Gasteiger partial charge in [-0.2, -0.15) is 0 Å². The van der Waals surface area contributed by atoms with E-state index in [0.29, 0.717) is 30.1 Å². The number of fused-ring (bicyclic) bond motifs is 2. The second-order valence-electron chi connectivity index (χ2n) is 6.69. The van der Waals surface area contributed by atoms with Gasteiger partial charge in [0.05, 0.1) is 18.7 Å². The third-order valence-corrected chi connectivity index (χ3v) is 4.80. The van der Waals surface area contributed by atoms with Gasteiger partial charge < -0.3 is 19.8 Å². The maximum absolute atomic E-state index is 12.2. The van der Waals surface area contributed by atoms with Crippen molar-refractivity contribution in [1.29, 1.82) is 0 Å². The number of H-pyrrole nitrogens is 1. The Kier molecular flexibility index (Phi) is 5.08. The molecule has 2 heterocycles. The SMILES string of the molecule is CCOc1cc2nccc(Nc3cccc4c(=O)[nH]cc(C)c34)c2cc1OCC. The monoisotopic (exact) mass is 389 g/mol. The zero-order chi connectivity index (χ0) is 20.4. The molecule has 0 saturated carbocycles. The molecule has 4 aromatic rings. The van der Waals surface area contributed by atoms with Gasteiger partial charge in [0.2, 0.25) is 0 Å². The zero-order valence-electron chi connectivity index (χ0n) is 16.7. The summed E-state index contributed by atoms with van der Waals surface area (Å²) in [7, 11) is 0. The number of ether oxygens (including phenoxy) is 2. The Balaban J connectivity index is 1.87. The van der Waals surface area contributed by atoms with Crippen LogP contribution in [0, 0.1) is 6.92 Å². The van der Waals surface area contributed by atoms with Crippen LogP contribution in [0.2, 0.25) is 0 Å². The predicted molar refractivity (Wildman–Crippen MR) is 117 cm³/mol. The van der Waals surface area contributed by atoms with E-state index < -0.39 is 0 Å².